The van der Waals surface area contributed by atoms with Crippen LogP contribution in [0.4, 0.5) is 5.69 Å². The zero-order valence-electron chi connectivity index (χ0n) is 15.3. The number of hydrogen-bond donors (Lipinski definition) is 3. The summed E-state index contributed by atoms with van der Waals surface area (Å²) in [5.41, 5.74) is 3.50. The lowest BCUT2D eigenvalue weighted by Crippen LogP contribution is -2.28. The first-order chi connectivity index (χ1) is 12.8. The number of nitrogens with one attached hydrogen (secondary N) is 2. The maximum Gasteiger partial charge on any atom is 0.240 e. The van der Waals surface area contributed by atoms with Gasteiger partial charge in [-0.1, -0.05) is 12.1 Å². The van der Waals surface area contributed by atoms with Gasteiger partial charge < -0.3 is 10.4 Å². The predicted octanol–water partition coefficient (Wildman–Crippen LogP) is 2.89. The molecule has 3 rings (SSSR count). The number of fused-ring (bicyclic) bond motifs is 1. The largest absolute Gasteiger partial charge is 0.506 e. The van der Waals surface area contributed by atoms with Gasteiger partial charge >= 0.3 is 0 Å². The second kappa shape index (κ2) is 8.10. The molecule has 1 aliphatic rings. The molecular weight excluding hydrogens is 364 g/mol. The molecule has 0 spiro atoms. The smallest absolute Gasteiger partial charge is 0.240 e. The Kier molecular flexibility index (Phi) is 5.82. The fourth-order valence-corrected chi connectivity index (χ4v) is 4.30. The van der Waals surface area contributed by atoms with Gasteiger partial charge in [-0.3, -0.25) is 4.79 Å². The molecule has 3 N–H and O–H groups in total. The summed E-state index contributed by atoms with van der Waals surface area (Å²) >= 11 is 0. The van der Waals surface area contributed by atoms with Crippen LogP contribution in [0, 0.1) is 6.92 Å². The van der Waals surface area contributed by atoms with Crippen LogP contribution in [0.25, 0.3) is 0 Å². The van der Waals surface area contributed by atoms with E-state index in [4.69, 9.17) is 0 Å². The first-order valence-corrected chi connectivity index (χ1v) is 10.5. The first-order valence-electron chi connectivity index (χ1n) is 9.06. The Hall–Kier alpha value is -2.38. The lowest BCUT2D eigenvalue weighted by atomic mass is 9.92. The van der Waals surface area contributed by atoms with E-state index in [0.717, 1.165) is 36.8 Å². The van der Waals surface area contributed by atoms with Gasteiger partial charge in [0.15, 0.2) is 0 Å². The van der Waals surface area contributed by atoms with Crippen molar-refractivity contribution < 1.29 is 18.3 Å². The van der Waals surface area contributed by atoms with Crippen molar-refractivity contribution >= 4 is 21.6 Å². The van der Waals surface area contributed by atoms with Gasteiger partial charge in [-0.05, 0) is 73.6 Å². The van der Waals surface area contributed by atoms with Crippen molar-refractivity contribution in [3.63, 3.8) is 0 Å². The summed E-state index contributed by atoms with van der Waals surface area (Å²) in [7, 11) is -3.66. The van der Waals surface area contributed by atoms with Crippen molar-refractivity contribution in [1.29, 1.82) is 0 Å². The highest BCUT2D eigenvalue weighted by Gasteiger charge is 2.18. The number of aromatic hydroxyl groups is 1. The summed E-state index contributed by atoms with van der Waals surface area (Å²) < 4.78 is 27.4. The highest BCUT2D eigenvalue weighted by atomic mass is 32.2. The van der Waals surface area contributed by atoms with E-state index < -0.39 is 10.0 Å². The van der Waals surface area contributed by atoms with E-state index in [0.29, 0.717) is 5.69 Å². The van der Waals surface area contributed by atoms with Crippen LogP contribution in [-0.2, 0) is 27.7 Å². The number of carbonyl (C=O) groups is 1. The van der Waals surface area contributed by atoms with Gasteiger partial charge in [-0.25, -0.2) is 13.1 Å². The third-order valence-electron chi connectivity index (χ3n) is 4.70. The number of amides is 1. The normalized spacial score (nSPS) is 13.8. The zero-order chi connectivity index (χ0) is 19.4. The minimum Gasteiger partial charge on any atom is -0.506 e. The molecule has 0 aromatic heterocycles. The van der Waals surface area contributed by atoms with Crippen molar-refractivity contribution in [2.75, 3.05) is 11.9 Å². The molecule has 0 fully saturated rings. The molecule has 6 nitrogen and oxygen atoms in total. The molecule has 0 aliphatic heterocycles. The number of anilines is 1. The third kappa shape index (κ3) is 4.87. The molecule has 0 saturated carbocycles. The number of aryl methyl sites for hydroxylation is 3. The summed E-state index contributed by atoms with van der Waals surface area (Å²) in [6, 6.07) is 10.2. The number of benzene rings is 2. The lowest BCUT2D eigenvalue weighted by molar-refractivity contribution is -0.116. The molecule has 1 aliphatic carbocycles. The monoisotopic (exact) mass is 388 g/mol. The Labute approximate surface area is 159 Å². The highest BCUT2D eigenvalue weighted by molar-refractivity contribution is 7.89. The van der Waals surface area contributed by atoms with Crippen molar-refractivity contribution in [3.05, 3.63) is 53.1 Å². The minimum atomic E-state index is -3.66. The van der Waals surface area contributed by atoms with E-state index in [-0.39, 0.29) is 29.5 Å². The number of phenols is 1. The van der Waals surface area contributed by atoms with Crippen LogP contribution in [-0.4, -0.2) is 26.0 Å². The average molecular weight is 388 g/mol. The SMILES string of the molecule is Cc1ccc(NC(=O)CCNS(=O)(=O)c2ccc3c(c2)CCCC3)c(O)c1. The number of phenolic OH excluding ortho intramolecular Hbond substituents is 1. The zero-order valence-corrected chi connectivity index (χ0v) is 16.1. The van der Waals surface area contributed by atoms with Crippen LogP contribution in [0.5, 0.6) is 5.75 Å². The van der Waals surface area contributed by atoms with Crippen LogP contribution in [0.2, 0.25) is 0 Å². The van der Waals surface area contributed by atoms with Crippen molar-refractivity contribution in [2.45, 2.75) is 43.9 Å². The maximum atomic E-state index is 12.5. The van der Waals surface area contributed by atoms with Gasteiger partial charge in [0.05, 0.1) is 10.6 Å². The van der Waals surface area contributed by atoms with Gasteiger partial charge in [0, 0.05) is 13.0 Å². The fourth-order valence-electron chi connectivity index (χ4n) is 3.22. The molecule has 0 radical (unpaired) electrons. The maximum absolute atomic E-state index is 12.5. The Morgan fingerprint density at radius 3 is 2.56 bits per heavy atom. The van der Waals surface area contributed by atoms with Crippen molar-refractivity contribution in [2.24, 2.45) is 0 Å². The van der Waals surface area contributed by atoms with Gasteiger partial charge in [-0.2, -0.15) is 0 Å². The molecule has 0 heterocycles. The Morgan fingerprint density at radius 1 is 1.07 bits per heavy atom. The molecule has 0 atom stereocenters. The number of hydrogen-bond acceptors (Lipinski definition) is 4. The molecule has 0 bridgehead atoms. The molecule has 2 aromatic carbocycles. The molecular formula is C20H24N2O4S. The van der Waals surface area contributed by atoms with E-state index in [1.807, 2.05) is 13.0 Å². The summed E-state index contributed by atoms with van der Waals surface area (Å²) in [6.45, 7) is 1.82. The van der Waals surface area contributed by atoms with Gasteiger partial charge in [0.25, 0.3) is 0 Å². The number of carbonyl (C=O) groups excluding carboxylic acids is 1. The van der Waals surface area contributed by atoms with Crippen LogP contribution < -0.4 is 10.0 Å². The molecule has 7 heteroatoms. The minimum absolute atomic E-state index is 0.0157. The van der Waals surface area contributed by atoms with Gasteiger partial charge in [0.2, 0.25) is 15.9 Å². The van der Waals surface area contributed by atoms with Crippen molar-refractivity contribution in [3.8, 4) is 5.75 Å². The molecule has 0 unspecified atom stereocenters. The number of sulfonamides is 1. The fraction of sp³-hybridized carbons (Fsp3) is 0.350. The third-order valence-corrected chi connectivity index (χ3v) is 6.16. The van der Waals surface area contributed by atoms with Crippen molar-refractivity contribution in [1.82, 2.24) is 4.72 Å². The summed E-state index contributed by atoms with van der Waals surface area (Å²) in [5, 5.41) is 12.4. The predicted molar refractivity (Wildman–Crippen MR) is 104 cm³/mol. The second-order valence-electron chi connectivity index (χ2n) is 6.85. The Morgan fingerprint density at radius 2 is 1.81 bits per heavy atom. The van der Waals surface area contributed by atoms with E-state index in [1.54, 1.807) is 30.3 Å². The molecule has 2 aromatic rings. The molecule has 27 heavy (non-hydrogen) atoms. The Bertz CT molecular complexity index is 954. The van der Waals surface area contributed by atoms with Crippen LogP contribution in [0.1, 0.15) is 36.0 Å². The van der Waals surface area contributed by atoms with E-state index in [2.05, 4.69) is 10.0 Å². The van der Waals surface area contributed by atoms with Gasteiger partial charge in [0.1, 0.15) is 5.75 Å². The summed E-state index contributed by atoms with van der Waals surface area (Å²) in [4.78, 5) is 12.2. The first kappa shape index (κ1) is 19.4. The van der Waals surface area contributed by atoms with E-state index in [9.17, 15) is 18.3 Å². The van der Waals surface area contributed by atoms with E-state index >= 15 is 0 Å². The van der Waals surface area contributed by atoms with E-state index in [1.165, 1.54) is 5.56 Å². The topological polar surface area (TPSA) is 95.5 Å². The molecule has 0 saturated heterocycles. The quantitative estimate of drug-likeness (QED) is 0.663. The average Bonchev–Trinajstić information content (AvgIpc) is 2.63. The Balaban J connectivity index is 1.56. The second-order valence-corrected chi connectivity index (χ2v) is 8.62. The summed E-state index contributed by atoms with van der Waals surface area (Å²) in [5.74, 6) is -0.389. The standard InChI is InChI=1S/C20H24N2O4S/c1-14-6-9-18(19(23)12-14)22-20(24)10-11-21-27(25,26)17-8-7-15-4-2-3-5-16(15)13-17/h6-9,12-13,21,23H,2-5,10-11H2,1H3,(H,22,24). The highest BCUT2D eigenvalue weighted by Crippen LogP contribution is 2.25. The number of rotatable bonds is 6. The lowest BCUT2D eigenvalue weighted by Gasteiger charge is -2.16. The van der Waals surface area contributed by atoms with Crippen LogP contribution in [0.3, 0.4) is 0 Å². The molecule has 144 valence electrons. The summed E-state index contributed by atoms with van der Waals surface area (Å²) in [6.07, 6.45) is 4.09. The van der Waals surface area contributed by atoms with Crippen LogP contribution >= 0.6 is 0 Å². The van der Waals surface area contributed by atoms with Gasteiger partial charge in [-0.15, -0.1) is 0 Å². The molecule has 1 amide bonds. The van der Waals surface area contributed by atoms with Crippen LogP contribution in [0.15, 0.2) is 41.3 Å².